The summed E-state index contributed by atoms with van der Waals surface area (Å²) in [4.78, 5) is 4.56. The Morgan fingerprint density at radius 3 is 0.904 bits per heavy atom. The largest absolute Gasteiger partial charge is 0.357 e. The minimum atomic E-state index is -0.452. The number of benzene rings is 4. The maximum atomic E-state index is 6.54. The van der Waals surface area contributed by atoms with Crippen LogP contribution in [-0.2, 0) is 18.9 Å². The third kappa shape index (κ3) is 7.10. The number of nitrogens with zero attached hydrogens (tertiary/aromatic N) is 2. The molecular formula is C36H28Cl8N2O4S2. The number of fused-ring (bicyclic) bond motifs is 2. The number of hydrogen-bond acceptors (Lipinski definition) is 8. The maximum absolute atomic E-state index is 6.54. The molecule has 274 valence electrons. The van der Waals surface area contributed by atoms with E-state index in [1.165, 1.54) is 0 Å². The fourth-order valence-corrected chi connectivity index (χ4v) is 11.5. The van der Waals surface area contributed by atoms with Crippen molar-refractivity contribution >= 4 is 114 Å². The molecule has 0 spiro atoms. The molecule has 4 saturated heterocycles. The third-order valence-corrected chi connectivity index (χ3v) is 15.4. The predicted octanol–water partition coefficient (Wildman–Crippen LogP) is 12.6. The van der Waals surface area contributed by atoms with Crippen molar-refractivity contribution < 1.29 is 18.9 Å². The van der Waals surface area contributed by atoms with Crippen LogP contribution in [0.2, 0.25) is 40.2 Å². The minimum absolute atomic E-state index is 0.429. The summed E-state index contributed by atoms with van der Waals surface area (Å²) in [5, 5.41) is 3.72. The second-order valence-corrected chi connectivity index (χ2v) is 18.9. The lowest BCUT2D eigenvalue weighted by atomic mass is 10.0. The summed E-state index contributed by atoms with van der Waals surface area (Å²) in [6.07, 6.45) is -1.72. The van der Waals surface area contributed by atoms with E-state index < -0.39 is 36.0 Å². The molecule has 16 heteroatoms. The number of hydrogen-bond donors (Lipinski definition) is 0. The Labute approximate surface area is 349 Å². The van der Waals surface area contributed by atoms with Gasteiger partial charge in [0.1, 0.15) is 24.9 Å². The second kappa shape index (κ2) is 15.5. The first-order valence-corrected chi connectivity index (χ1v) is 21.6. The van der Waals surface area contributed by atoms with Crippen molar-refractivity contribution in [3.63, 3.8) is 0 Å². The van der Waals surface area contributed by atoms with Crippen LogP contribution in [0.15, 0.2) is 72.8 Å². The highest BCUT2D eigenvalue weighted by Gasteiger charge is 2.59. The van der Waals surface area contributed by atoms with Gasteiger partial charge < -0.3 is 18.9 Å². The molecule has 0 amide bonds. The van der Waals surface area contributed by atoms with Crippen molar-refractivity contribution in [2.24, 2.45) is 0 Å². The van der Waals surface area contributed by atoms with Crippen LogP contribution >= 0.6 is 114 Å². The van der Waals surface area contributed by atoms with Gasteiger partial charge in [-0.3, -0.25) is 0 Å². The molecule has 2 unspecified atom stereocenters. The monoisotopic (exact) mass is 896 g/mol. The van der Waals surface area contributed by atoms with E-state index in [1.54, 1.807) is 45.9 Å². The third-order valence-electron chi connectivity index (χ3n) is 9.80. The smallest absolute Gasteiger partial charge is 0.139 e. The zero-order valence-corrected chi connectivity index (χ0v) is 34.5. The molecule has 4 aliphatic rings. The lowest BCUT2D eigenvalue weighted by Gasteiger charge is -2.35. The first-order chi connectivity index (χ1) is 25.0. The Kier molecular flexibility index (Phi) is 11.5. The fraction of sp³-hybridized carbons (Fsp3) is 0.333. The van der Waals surface area contributed by atoms with E-state index in [4.69, 9.17) is 112 Å². The molecule has 0 saturated carbocycles. The van der Waals surface area contributed by atoms with Gasteiger partial charge in [-0.1, -0.05) is 139 Å². The van der Waals surface area contributed by atoms with Gasteiger partial charge in [-0.15, -0.1) is 0 Å². The Balaban J connectivity index is 1.04. The van der Waals surface area contributed by atoms with E-state index in [1.807, 2.05) is 48.5 Å². The molecule has 0 N–H and O–H groups in total. The minimum Gasteiger partial charge on any atom is -0.357 e. The van der Waals surface area contributed by atoms with Crippen molar-refractivity contribution in [1.82, 2.24) is 9.80 Å². The van der Waals surface area contributed by atoms with Crippen molar-refractivity contribution in [2.45, 2.75) is 36.0 Å². The summed E-state index contributed by atoms with van der Waals surface area (Å²) in [6.45, 7) is 1.80. The van der Waals surface area contributed by atoms with E-state index in [-0.39, 0.29) is 0 Å². The Morgan fingerprint density at radius 1 is 0.423 bits per heavy atom. The van der Waals surface area contributed by atoms with Gasteiger partial charge in [-0.25, -0.2) is 9.80 Å². The normalized spacial score (nSPS) is 28.8. The van der Waals surface area contributed by atoms with E-state index in [0.29, 0.717) is 78.1 Å². The molecule has 8 rings (SSSR count). The van der Waals surface area contributed by atoms with Crippen LogP contribution in [0.3, 0.4) is 0 Å². The average molecular weight is 900 g/mol. The van der Waals surface area contributed by atoms with Gasteiger partial charge in [0.2, 0.25) is 0 Å². The van der Waals surface area contributed by atoms with E-state index in [9.17, 15) is 0 Å². The zero-order chi connectivity index (χ0) is 36.4. The molecule has 0 aliphatic carbocycles. The highest BCUT2D eigenvalue weighted by atomic mass is 35.5. The van der Waals surface area contributed by atoms with Gasteiger partial charge in [0.15, 0.2) is 0 Å². The van der Waals surface area contributed by atoms with Crippen molar-refractivity contribution in [2.75, 3.05) is 37.9 Å². The quantitative estimate of drug-likeness (QED) is 0.122. The van der Waals surface area contributed by atoms with Crippen molar-refractivity contribution in [3.8, 4) is 0 Å². The van der Waals surface area contributed by atoms with E-state index in [0.717, 1.165) is 22.3 Å². The lowest BCUT2D eigenvalue weighted by Crippen LogP contribution is -2.47. The SMILES string of the molecule is Clc1ccc([C@H]2OCC3(CSSCC45CO[C@H](c6ccc(Cl)c(Cl)c6)N4[C@H](c4ccc(Cl)c(Cl)c4)OC5)CO[C@@H](c4ccc(Cl)c(Cl)c4)N23)cc1Cl. The Morgan fingerprint density at radius 2 is 0.673 bits per heavy atom. The maximum Gasteiger partial charge on any atom is 0.139 e. The van der Waals surface area contributed by atoms with Crippen LogP contribution in [0.25, 0.3) is 0 Å². The van der Waals surface area contributed by atoms with Gasteiger partial charge in [0, 0.05) is 11.5 Å². The summed E-state index contributed by atoms with van der Waals surface area (Å²) in [5.74, 6) is 1.41. The van der Waals surface area contributed by atoms with Crippen LogP contribution in [0.4, 0.5) is 0 Å². The first kappa shape index (κ1) is 38.5. The molecule has 4 aromatic carbocycles. The number of halogens is 8. The summed E-state index contributed by atoms with van der Waals surface area (Å²) in [7, 11) is 3.53. The fourth-order valence-electron chi connectivity index (χ4n) is 7.19. The topological polar surface area (TPSA) is 43.4 Å². The van der Waals surface area contributed by atoms with Crippen LogP contribution < -0.4 is 0 Å². The van der Waals surface area contributed by atoms with Crippen LogP contribution in [0, 0.1) is 0 Å². The molecule has 4 heterocycles. The van der Waals surface area contributed by atoms with Gasteiger partial charge in [-0.2, -0.15) is 0 Å². The molecule has 0 bridgehead atoms. The van der Waals surface area contributed by atoms with Crippen LogP contribution in [-0.4, -0.2) is 58.8 Å². The lowest BCUT2D eigenvalue weighted by molar-refractivity contribution is -0.0617. The second-order valence-electron chi connectivity index (χ2n) is 13.1. The van der Waals surface area contributed by atoms with Gasteiger partial charge in [0.05, 0.1) is 77.7 Å². The van der Waals surface area contributed by atoms with Crippen molar-refractivity contribution in [1.29, 1.82) is 0 Å². The Bertz CT molecular complexity index is 1740. The summed E-state index contributed by atoms with van der Waals surface area (Å²) < 4.78 is 26.2. The first-order valence-electron chi connectivity index (χ1n) is 16.1. The summed E-state index contributed by atoms with van der Waals surface area (Å²) >= 11 is 51.0. The Hall–Kier alpha value is -0.340. The molecule has 4 aromatic rings. The predicted molar refractivity (Wildman–Crippen MR) is 215 cm³/mol. The highest BCUT2D eigenvalue weighted by molar-refractivity contribution is 8.76. The molecule has 6 nitrogen and oxygen atoms in total. The van der Waals surface area contributed by atoms with Crippen LogP contribution in [0.1, 0.15) is 47.2 Å². The highest BCUT2D eigenvalue weighted by Crippen LogP contribution is 2.54. The average Bonchev–Trinajstić information content (AvgIpc) is 3.88. The molecule has 0 aromatic heterocycles. The molecule has 4 aliphatic heterocycles. The summed E-state index contributed by atoms with van der Waals surface area (Å²) in [5.41, 5.74) is 2.62. The van der Waals surface area contributed by atoms with E-state index in [2.05, 4.69) is 9.80 Å². The number of rotatable bonds is 9. The van der Waals surface area contributed by atoms with Gasteiger partial charge in [0.25, 0.3) is 0 Å². The molecule has 4 fully saturated rings. The molecular weight excluding hydrogens is 872 g/mol. The molecule has 52 heavy (non-hydrogen) atoms. The molecule has 0 radical (unpaired) electrons. The standard InChI is InChI=1S/C36H28Cl8N2O4S2/c37-23-5-1-19(9-27(23)41)31-45-32(20-2-6-24(38)28(42)10-20)48-14-35(45,13-47-31)17-51-52-18-36-15-49-33(21-3-7-25(39)29(43)11-21)46(36)34(50-16-36)22-4-8-26(40)30(44)12-22/h1-12,31-34H,13-18H2/t31-,32+,33-,34+,35?,36?. The van der Waals surface area contributed by atoms with Crippen LogP contribution in [0.5, 0.6) is 0 Å². The van der Waals surface area contributed by atoms with Gasteiger partial charge in [-0.05, 0) is 70.8 Å². The summed E-state index contributed by atoms with van der Waals surface area (Å²) in [6, 6.07) is 22.3. The van der Waals surface area contributed by atoms with E-state index >= 15 is 0 Å². The zero-order valence-electron chi connectivity index (χ0n) is 26.8. The van der Waals surface area contributed by atoms with Crippen molar-refractivity contribution in [3.05, 3.63) is 135 Å². The number of ether oxygens (including phenoxy) is 4. The molecule has 6 atom stereocenters. The van der Waals surface area contributed by atoms with Gasteiger partial charge >= 0.3 is 0 Å².